The highest BCUT2D eigenvalue weighted by Crippen LogP contribution is 2.07. The van der Waals surface area contributed by atoms with E-state index in [1.54, 1.807) is 6.08 Å². The van der Waals surface area contributed by atoms with Gasteiger partial charge >= 0.3 is 0 Å². The summed E-state index contributed by atoms with van der Waals surface area (Å²) >= 11 is 0. The summed E-state index contributed by atoms with van der Waals surface area (Å²) in [5.41, 5.74) is 2.33. The summed E-state index contributed by atoms with van der Waals surface area (Å²) in [5, 5.41) is 17.2. The Kier molecular flexibility index (Phi) is 4.97. The van der Waals surface area contributed by atoms with Gasteiger partial charge in [-0.25, -0.2) is 0 Å². The summed E-state index contributed by atoms with van der Waals surface area (Å²) < 4.78 is 0. The number of rotatable bonds is 5. The van der Waals surface area contributed by atoms with Crippen LogP contribution in [-0.4, -0.2) is 23.4 Å². The third-order valence-corrected chi connectivity index (χ3v) is 2.02. The van der Waals surface area contributed by atoms with Crippen LogP contribution in [0.4, 0.5) is 0 Å². The molecule has 0 aromatic heterocycles. The number of hydrogen-bond donors (Lipinski definition) is 2. The second-order valence-corrected chi connectivity index (χ2v) is 3.15. The van der Waals surface area contributed by atoms with E-state index < -0.39 is 0 Å². The molecule has 2 nitrogen and oxygen atoms in total. The monoisotopic (exact) mass is 192 g/mol. The van der Waals surface area contributed by atoms with Crippen LogP contribution in [0.15, 0.2) is 30.3 Å². The largest absolute Gasteiger partial charge is 0.396 e. The summed E-state index contributed by atoms with van der Waals surface area (Å²) in [6.07, 6.45) is 5.32. The standard InChI is InChI=1S/C12H16O2/c13-9-1-3-11-5-7-12(8-6-11)4-2-10-14/h1,3,5-8,13-14H,2,4,9-10H2. The van der Waals surface area contributed by atoms with Gasteiger partial charge in [0.1, 0.15) is 0 Å². The number of aliphatic hydroxyl groups excluding tert-OH is 2. The molecule has 0 aliphatic heterocycles. The van der Waals surface area contributed by atoms with E-state index in [1.807, 2.05) is 30.3 Å². The van der Waals surface area contributed by atoms with Crippen LogP contribution in [0.2, 0.25) is 0 Å². The van der Waals surface area contributed by atoms with Gasteiger partial charge in [0, 0.05) is 6.61 Å². The molecule has 0 spiro atoms. The summed E-state index contributed by atoms with van der Waals surface area (Å²) in [6.45, 7) is 0.318. The number of aryl methyl sites for hydroxylation is 1. The molecule has 0 heterocycles. The van der Waals surface area contributed by atoms with Gasteiger partial charge in [0.2, 0.25) is 0 Å². The van der Waals surface area contributed by atoms with Crippen molar-refractivity contribution in [2.24, 2.45) is 0 Å². The Bertz CT molecular complexity index is 275. The summed E-state index contributed by atoms with van der Waals surface area (Å²) in [4.78, 5) is 0. The third kappa shape index (κ3) is 3.73. The van der Waals surface area contributed by atoms with Crippen molar-refractivity contribution in [3.05, 3.63) is 41.5 Å². The fraction of sp³-hybridized carbons (Fsp3) is 0.333. The van der Waals surface area contributed by atoms with Gasteiger partial charge in [0.05, 0.1) is 6.61 Å². The normalized spacial score (nSPS) is 11.0. The molecule has 2 heteroatoms. The predicted octanol–water partition coefficient (Wildman–Crippen LogP) is 1.62. The second kappa shape index (κ2) is 6.35. The summed E-state index contributed by atoms with van der Waals surface area (Å²) in [7, 11) is 0. The molecule has 0 aliphatic rings. The predicted molar refractivity (Wildman–Crippen MR) is 58.0 cm³/mol. The smallest absolute Gasteiger partial charge is 0.0615 e. The molecule has 0 saturated heterocycles. The maximum Gasteiger partial charge on any atom is 0.0615 e. The average molecular weight is 192 g/mol. The van der Waals surface area contributed by atoms with E-state index in [9.17, 15) is 0 Å². The van der Waals surface area contributed by atoms with Gasteiger partial charge in [0.25, 0.3) is 0 Å². The minimum absolute atomic E-state index is 0.0757. The van der Waals surface area contributed by atoms with E-state index in [1.165, 1.54) is 5.56 Å². The van der Waals surface area contributed by atoms with Gasteiger partial charge in [-0.1, -0.05) is 36.4 Å². The second-order valence-electron chi connectivity index (χ2n) is 3.15. The van der Waals surface area contributed by atoms with Crippen molar-refractivity contribution in [3.8, 4) is 0 Å². The fourth-order valence-electron chi connectivity index (χ4n) is 1.27. The van der Waals surface area contributed by atoms with Gasteiger partial charge in [-0.2, -0.15) is 0 Å². The first-order valence-electron chi connectivity index (χ1n) is 4.84. The lowest BCUT2D eigenvalue weighted by atomic mass is 10.1. The van der Waals surface area contributed by atoms with Crippen molar-refractivity contribution in [1.29, 1.82) is 0 Å². The molecule has 2 N–H and O–H groups in total. The maximum atomic E-state index is 8.66. The molecule has 0 amide bonds. The lowest BCUT2D eigenvalue weighted by molar-refractivity contribution is 0.288. The maximum absolute atomic E-state index is 8.66. The highest BCUT2D eigenvalue weighted by atomic mass is 16.3. The van der Waals surface area contributed by atoms with Gasteiger partial charge in [-0.15, -0.1) is 0 Å². The molecule has 0 unspecified atom stereocenters. The molecule has 0 saturated carbocycles. The van der Waals surface area contributed by atoms with E-state index in [-0.39, 0.29) is 13.2 Å². The lowest BCUT2D eigenvalue weighted by Crippen LogP contribution is -1.88. The van der Waals surface area contributed by atoms with Crippen LogP contribution < -0.4 is 0 Å². The van der Waals surface area contributed by atoms with E-state index in [0.29, 0.717) is 0 Å². The highest BCUT2D eigenvalue weighted by Gasteiger charge is 1.92. The van der Waals surface area contributed by atoms with Crippen molar-refractivity contribution in [2.75, 3.05) is 13.2 Å². The van der Waals surface area contributed by atoms with Crippen molar-refractivity contribution >= 4 is 6.08 Å². The highest BCUT2D eigenvalue weighted by molar-refractivity contribution is 5.49. The average Bonchev–Trinajstić information content (AvgIpc) is 2.25. The number of benzene rings is 1. The molecule has 76 valence electrons. The minimum Gasteiger partial charge on any atom is -0.396 e. The van der Waals surface area contributed by atoms with Crippen LogP contribution in [0.5, 0.6) is 0 Å². The Morgan fingerprint density at radius 3 is 2.36 bits per heavy atom. The molecule has 0 fully saturated rings. The van der Waals surface area contributed by atoms with Crippen LogP contribution in [0, 0.1) is 0 Å². The van der Waals surface area contributed by atoms with E-state index >= 15 is 0 Å². The van der Waals surface area contributed by atoms with Crippen molar-refractivity contribution < 1.29 is 10.2 Å². The zero-order valence-electron chi connectivity index (χ0n) is 8.19. The van der Waals surface area contributed by atoms with Crippen LogP contribution in [0.3, 0.4) is 0 Å². The molecular weight excluding hydrogens is 176 g/mol. The topological polar surface area (TPSA) is 40.5 Å². The van der Waals surface area contributed by atoms with Gasteiger partial charge in [0.15, 0.2) is 0 Å². The van der Waals surface area contributed by atoms with Crippen LogP contribution in [-0.2, 0) is 6.42 Å². The van der Waals surface area contributed by atoms with Gasteiger partial charge < -0.3 is 10.2 Å². The third-order valence-electron chi connectivity index (χ3n) is 2.02. The minimum atomic E-state index is 0.0757. The summed E-state index contributed by atoms with van der Waals surface area (Å²) in [5.74, 6) is 0. The first-order chi connectivity index (χ1) is 6.86. The molecule has 1 aromatic carbocycles. The Balaban J connectivity index is 2.54. The van der Waals surface area contributed by atoms with Gasteiger partial charge in [-0.3, -0.25) is 0 Å². The lowest BCUT2D eigenvalue weighted by Gasteiger charge is -1.99. The first kappa shape index (κ1) is 11.0. The van der Waals surface area contributed by atoms with Crippen LogP contribution >= 0.6 is 0 Å². The molecule has 0 radical (unpaired) electrons. The zero-order chi connectivity index (χ0) is 10.2. The summed E-state index contributed by atoms with van der Waals surface area (Å²) in [6, 6.07) is 8.12. The van der Waals surface area contributed by atoms with E-state index in [0.717, 1.165) is 18.4 Å². The molecule has 14 heavy (non-hydrogen) atoms. The number of aliphatic hydroxyl groups is 2. The molecule has 0 atom stereocenters. The number of hydrogen-bond acceptors (Lipinski definition) is 2. The molecule has 1 rings (SSSR count). The fourth-order valence-corrected chi connectivity index (χ4v) is 1.27. The molecule has 0 aliphatic carbocycles. The Morgan fingerprint density at radius 2 is 1.79 bits per heavy atom. The van der Waals surface area contributed by atoms with Crippen molar-refractivity contribution in [3.63, 3.8) is 0 Å². The first-order valence-corrected chi connectivity index (χ1v) is 4.84. The Labute approximate surface area is 84.5 Å². The Morgan fingerprint density at radius 1 is 1.07 bits per heavy atom. The van der Waals surface area contributed by atoms with Crippen molar-refractivity contribution in [1.82, 2.24) is 0 Å². The molecule has 1 aromatic rings. The zero-order valence-corrected chi connectivity index (χ0v) is 8.19. The van der Waals surface area contributed by atoms with E-state index in [2.05, 4.69) is 0 Å². The molecule has 0 bridgehead atoms. The van der Waals surface area contributed by atoms with Gasteiger partial charge in [-0.05, 0) is 24.0 Å². The van der Waals surface area contributed by atoms with Crippen LogP contribution in [0.1, 0.15) is 17.5 Å². The quantitative estimate of drug-likeness (QED) is 0.744. The van der Waals surface area contributed by atoms with E-state index in [4.69, 9.17) is 10.2 Å². The SMILES string of the molecule is OCC=Cc1ccc(CCCO)cc1. The molecular formula is C12H16O2. The van der Waals surface area contributed by atoms with Crippen LogP contribution in [0.25, 0.3) is 6.08 Å². The van der Waals surface area contributed by atoms with Crippen molar-refractivity contribution in [2.45, 2.75) is 12.8 Å². The Hall–Kier alpha value is -1.12.